The summed E-state index contributed by atoms with van der Waals surface area (Å²) >= 11 is 1.37. The highest BCUT2D eigenvalue weighted by atomic mass is 32.2. The molecule has 1 aromatic heterocycles. The van der Waals surface area contributed by atoms with Crippen LogP contribution in [0, 0.1) is 13.8 Å². The van der Waals surface area contributed by atoms with Crippen LogP contribution in [-0.4, -0.2) is 4.57 Å². The predicted octanol–water partition coefficient (Wildman–Crippen LogP) is 3.90. The second-order valence-electron chi connectivity index (χ2n) is 4.56. The highest BCUT2D eigenvalue weighted by Crippen LogP contribution is 2.25. The van der Waals surface area contributed by atoms with Crippen LogP contribution in [0.4, 0.5) is 0 Å². The summed E-state index contributed by atoms with van der Waals surface area (Å²) in [6, 6.07) is 6.05. The Morgan fingerprint density at radius 3 is 2.63 bits per heavy atom. The molecule has 2 rings (SSSR count). The maximum Gasteiger partial charge on any atom is 0.203 e. The molecule has 0 N–H and O–H groups in total. The fourth-order valence-electron chi connectivity index (χ4n) is 2.08. The van der Waals surface area contributed by atoms with Gasteiger partial charge in [-0.3, -0.25) is 4.79 Å². The van der Waals surface area contributed by atoms with Crippen molar-refractivity contribution in [1.29, 1.82) is 0 Å². The van der Waals surface area contributed by atoms with Crippen molar-refractivity contribution in [2.45, 2.75) is 18.7 Å². The van der Waals surface area contributed by atoms with Gasteiger partial charge < -0.3 is 4.57 Å². The molecule has 0 bridgehead atoms. The van der Waals surface area contributed by atoms with Crippen molar-refractivity contribution in [3.05, 3.63) is 63.9 Å². The Morgan fingerprint density at radius 2 is 1.95 bits per heavy atom. The van der Waals surface area contributed by atoms with Gasteiger partial charge in [0.25, 0.3) is 0 Å². The molecule has 2 nitrogen and oxygen atoms in total. The number of benzene rings is 1. The molecule has 1 heterocycles. The van der Waals surface area contributed by atoms with E-state index in [9.17, 15) is 4.79 Å². The van der Waals surface area contributed by atoms with Gasteiger partial charge in [0.2, 0.25) is 5.43 Å². The smallest absolute Gasteiger partial charge is 0.203 e. The normalized spacial score (nSPS) is 10.5. The Hall–Kier alpha value is -1.74. The second-order valence-corrected chi connectivity index (χ2v) is 5.57. The first-order chi connectivity index (χ1) is 9.04. The van der Waals surface area contributed by atoms with E-state index >= 15 is 0 Å². The summed E-state index contributed by atoms with van der Waals surface area (Å²) in [7, 11) is 1.93. The second kappa shape index (κ2) is 5.49. The number of hydrogen-bond donors (Lipinski definition) is 0. The molecular formula is C16H17NOS. The Balaban J connectivity index is 2.72. The first kappa shape index (κ1) is 13.7. The summed E-state index contributed by atoms with van der Waals surface area (Å²) in [4.78, 5) is 13.2. The molecule has 0 amide bonds. The maximum atomic E-state index is 12.5. The minimum atomic E-state index is 0.0664. The molecule has 0 radical (unpaired) electrons. The maximum absolute atomic E-state index is 12.5. The van der Waals surface area contributed by atoms with E-state index in [0.717, 1.165) is 16.7 Å². The lowest BCUT2D eigenvalue weighted by atomic mass is 9.98. The van der Waals surface area contributed by atoms with E-state index in [2.05, 4.69) is 26.5 Å². The summed E-state index contributed by atoms with van der Waals surface area (Å²) in [5.41, 5.74) is 4.17. The average molecular weight is 271 g/mol. The topological polar surface area (TPSA) is 22.0 Å². The van der Waals surface area contributed by atoms with E-state index in [1.165, 1.54) is 17.3 Å². The number of hydrogen-bond acceptors (Lipinski definition) is 2. The van der Waals surface area contributed by atoms with Crippen molar-refractivity contribution in [2.75, 3.05) is 0 Å². The third-order valence-corrected chi connectivity index (χ3v) is 3.94. The summed E-state index contributed by atoms with van der Waals surface area (Å²) in [6.45, 7) is 7.79. The molecule has 0 aliphatic heterocycles. The molecule has 98 valence electrons. The van der Waals surface area contributed by atoms with Gasteiger partial charge in [-0.25, -0.2) is 0 Å². The zero-order valence-corrected chi connectivity index (χ0v) is 12.3. The minimum absolute atomic E-state index is 0.0664. The van der Waals surface area contributed by atoms with Gasteiger partial charge in [-0.15, -0.1) is 0 Å². The van der Waals surface area contributed by atoms with E-state index in [-0.39, 0.29) is 5.43 Å². The molecule has 2 aromatic rings. The number of rotatable bonds is 3. The van der Waals surface area contributed by atoms with Gasteiger partial charge >= 0.3 is 0 Å². The average Bonchev–Trinajstić information content (AvgIpc) is 2.37. The van der Waals surface area contributed by atoms with Crippen LogP contribution >= 0.6 is 11.8 Å². The zero-order valence-electron chi connectivity index (χ0n) is 11.4. The number of aryl methyl sites for hydroxylation is 2. The Kier molecular flexibility index (Phi) is 3.96. The number of aromatic nitrogens is 1. The number of pyridine rings is 1. The molecule has 0 aliphatic rings. The van der Waals surface area contributed by atoms with Crippen molar-refractivity contribution in [3.8, 4) is 11.1 Å². The van der Waals surface area contributed by atoms with E-state index in [1.807, 2.05) is 36.1 Å². The molecule has 0 aliphatic carbocycles. The minimum Gasteiger partial charge on any atom is -0.355 e. The first-order valence-electron chi connectivity index (χ1n) is 6.09. The van der Waals surface area contributed by atoms with Gasteiger partial charge in [0.1, 0.15) is 0 Å². The number of nitrogens with zero attached hydrogens (tertiary/aromatic N) is 1. The summed E-state index contributed by atoms with van der Waals surface area (Å²) in [6.07, 6.45) is 3.72. The van der Waals surface area contributed by atoms with Crippen molar-refractivity contribution < 1.29 is 0 Å². The highest BCUT2D eigenvalue weighted by Gasteiger charge is 2.11. The summed E-state index contributed by atoms with van der Waals surface area (Å²) in [5.74, 6) is 0. The van der Waals surface area contributed by atoms with E-state index in [0.29, 0.717) is 4.90 Å². The van der Waals surface area contributed by atoms with Crippen LogP contribution in [-0.2, 0) is 7.05 Å². The Bertz CT molecular complexity index is 686. The molecular weight excluding hydrogens is 254 g/mol. The monoisotopic (exact) mass is 271 g/mol. The largest absolute Gasteiger partial charge is 0.355 e. The van der Waals surface area contributed by atoms with Crippen LogP contribution < -0.4 is 5.43 Å². The lowest BCUT2D eigenvalue weighted by molar-refractivity contribution is 0.877. The lowest BCUT2D eigenvalue weighted by Gasteiger charge is -2.11. The van der Waals surface area contributed by atoms with Crippen LogP contribution in [0.3, 0.4) is 0 Å². The quantitative estimate of drug-likeness (QED) is 0.790. The third-order valence-electron chi connectivity index (χ3n) is 3.23. The highest BCUT2D eigenvalue weighted by molar-refractivity contribution is 8.02. The molecule has 19 heavy (non-hydrogen) atoms. The third kappa shape index (κ3) is 2.66. The van der Waals surface area contributed by atoms with Gasteiger partial charge in [0.15, 0.2) is 0 Å². The van der Waals surface area contributed by atoms with Crippen molar-refractivity contribution in [3.63, 3.8) is 0 Å². The van der Waals surface area contributed by atoms with Crippen LogP contribution in [0.25, 0.3) is 11.1 Å². The van der Waals surface area contributed by atoms with E-state index in [1.54, 1.807) is 5.41 Å². The SMILES string of the molecule is C=CSc1cn(C)cc(-c2cccc(C)c2C)c1=O. The van der Waals surface area contributed by atoms with Gasteiger partial charge in [-0.2, -0.15) is 0 Å². The molecule has 1 aromatic carbocycles. The zero-order chi connectivity index (χ0) is 14.0. The van der Waals surface area contributed by atoms with Gasteiger partial charge in [-0.05, 0) is 35.9 Å². The molecule has 0 saturated heterocycles. The fourth-order valence-corrected chi connectivity index (χ4v) is 2.71. The molecule has 3 heteroatoms. The van der Waals surface area contributed by atoms with Crippen molar-refractivity contribution in [2.24, 2.45) is 7.05 Å². The molecule has 0 spiro atoms. The van der Waals surface area contributed by atoms with E-state index in [4.69, 9.17) is 0 Å². The molecule has 0 fully saturated rings. The fraction of sp³-hybridized carbons (Fsp3) is 0.188. The van der Waals surface area contributed by atoms with Crippen LogP contribution in [0.1, 0.15) is 11.1 Å². The van der Waals surface area contributed by atoms with Crippen LogP contribution in [0.15, 0.2) is 52.3 Å². The van der Waals surface area contributed by atoms with Crippen LogP contribution in [0.2, 0.25) is 0 Å². The summed E-state index contributed by atoms with van der Waals surface area (Å²) in [5, 5.41) is 1.68. The Morgan fingerprint density at radius 1 is 1.21 bits per heavy atom. The van der Waals surface area contributed by atoms with Crippen LogP contribution in [0.5, 0.6) is 0 Å². The molecule has 0 atom stereocenters. The van der Waals surface area contributed by atoms with Crippen molar-refractivity contribution >= 4 is 11.8 Å². The molecule has 0 unspecified atom stereocenters. The van der Waals surface area contributed by atoms with Gasteiger partial charge in [0.05, 0.1) is 4.90 Å². The Labute approximate surface area is 117 Å². The summed E-state index contributed by atoms with van der Waals surface area (Å²) < 4.78 is 1.92. The number of thioether (sulfide) groups is 1. The molecule has 0 saturated carbocycles. The standard InChI is InChI=1S/C16H17NOS/c1-5-19-15-10-17(4)9-14(16(15)18)13-8-6-7-11(2)12(13)3/h5-10H,1H2,2-4H3. The van der Waals surface area contributed by atoms with Crippen molar-refractivity contribution in [1.82, 2.24) is 4.57 Å². The predicted molar refractivity (Wildman–Crippen MR) is 82.6 cm³/mol. The van der Waals surface area contributed by atoms with Gasteiger partial charge in [0, 0.05) is 25.0 Å². The first-order valence-corrected chi connectivity index (χ1v) is 6.97. The van der Waals surface area contributed by atoms with Gasteiger partial charge in [-0.1, -0.05) is 36.5 Å². The van der Waals surface area contributed by atoms with E-state index < -0.39 is 0 Å². The lowest BCUT2D eigenvalue weighted by Crippen LogP contribution is -2.11.